The number of phenols is 1. The first-order valence-corrected chi connectivity index (χ1v) is 10.00. The molecular weight excluding hydrogens is 410 g/mol. The van der Waals surface area contributed by atoms with Crippen LogP contribution in [0.25, 0.3) is 0 Å². The van der Waals surface area contributed by atoms with Gasteiger partial charge in [0.25, 0.3) is 0 Å². The Hall–Kier alpha value is -4.13. The molecule has 0 atom stereocenters. The molecule has 7 heteroatoms. The first-order valence-electron chi connectivity index (χ1n) is 10.00. The number of anilines is 1. The standard InChI is InChI=1S/C25H21NO6/c1-13-11-14(8-10-20(28)31-2)7-9-18(13)32-19-12-17(27)21-22(23(19)26)25(30)16-6-4-3-5-15(16)24(21)29/h3-7,9,11-12,27H,8,10,26H2,1-2H3. The molecule has 1 aliphatic rings. The van der Waals surface area contributed by atoms with Crippen molar-refractivity contribution in [2.75, 3.05) is 12.8 Å². The van der Waals surface area contributed by atoms with Gasteiger partial charge in [-0.2, -0.15) is 0 Å². The quantitative estimate of drug-likeness (QED) is 0.279. The fourth-order valence-corrected chi connectivity index (χ4v) is 3.81. The molecule has 162 valence electrons. The first-order chi connectivity index (χ1) is 15.3. The van der Waals surface area contributed by atoms with Gasteiger partial charge in [-0.1, -0.05) is 36.4 Å². The van der Waals surface area contributed by atoms with Crippen molar-refractivity contribution >= 4 is 23.2 Å². The maximum atomic E-state index is 13.1. The number of hydrogen-bond donors (Lipinski definition) is 2. The molecule has 0 spiro atoms. The number of aromatic hydroxyl groups is 1. The number of methoxy groups -OCH3 is 1. The summed E-state index contributed by atoms with van der Waals surface area (Å²) in [6.07, 6.45) is 0.783. The minimum atomic E-state index is -0.461. The van der Waals surface area contributed by atoms with Gasteiger partial charge >= 0.3 is 5.97 Å². The number of aryl methyl sites for hydroxylation is 2. The van der Waals surface area contributed by atoms with Gasteiger partial charge in [0.15, 0.2) is 17.3 Å². The molecule has 32 heavy (non-hydrogen) atoms. The molecule has 0 aromatic heterocycles. The van der Waals surface area contributed by atoms with Crippen molar-refractivity contribution in [2.45, 2.75) is 19.8 Å². The summed E-state index contributed by atoms with van der Waals surface area (Å²) < 4.78 is 10.6. The third-order valence-corrected chi connectivity index (χ3v) is 5.48. The summed E-state index contributed by atoms with van der Waals surface area (Å²) in [7, 11) is 1.35. The number of nitrogens with two attached hydrogens (primary N) is 1. The van der Waals surface area contributed by atoms with Crippen molar-refractivity contribution in [3.05, 3.63) is 81.9 Å². The molecule has 0 unspecified atom stereocenters. The Morgan fingerprint density at radius 3 is 2.25 bits per heavy atom. The summed E-state index contributed by atoms with van der Waals surface area (Å²) >= 11 is 0. The lowest BCUT2D eigenvalue weighted by Crippen LogP contribution is -2.22. The van der Waals surface area contributed by atoms with E-state index in [2.05, 4.69) is 4.74 Å². The number of benzene rings is 3. The van der Waals surface area contributed by atoms with Gasteiger partial charge in [0.1, 0.15) is 11.5 Å². The molecule has 0 amide bonds. The molecule has 1 aliphatic carbocycles. The van der Waals surface area contributed by atoms with Gasteiger partial charge in [-0.15, -0.1) is 0 Å². The number of ether oxygens (including phenoxy) is 2. The molecule has 4 rings (SSSR count). The van der Waals surface area contributed by atoms with Crippen molar-refractivity contribution in [2.24, 2.45) is 0 Å². The van der Waals surface area contributed by atoms with E-state index < -0.39 is 11.6 Å². The minimum Gasteiger partial charge on any atom is -0.507 e. The van der Waals surface area contributed by atoms with Gasteiger partial charge < -0.3 is 20.3 Å². The smallest absolute Gasteiger partial charge is 0.305 e. The average molecular weight is 431 g/mol. The Morgan fingerprint density at radius 1 is 0.969 bits per heavy atom. The summed E-state index contributed by atoms with van der Waals surface area (Å²) in [4.78, 5) is 37.3. The Balaban J connectivity index is 1.68. The van der Waals surface area contributed by atoms with Crippen LogP contribution < -0.4 is 10.5 Å². The summed E-state index contributed by atoms with van der Waals surface area (Å²) in [5, 5.41) is 10.6. The van der Waals surface area contributed by atoms with Crippen LogP contribution in [0.5, 0.6) is 17.2 Å². The zero-order chi connectivity index (χ0) is 23.0. The molecule has 3 aromatic carbocycles. The van der Waals surface area contributed by atoms with E-state index in [0.717, 1.165) is 11.1 Å². The molecule has 0 bridgehead atoms. The number of phenolic OH excluding ortho intramolecular Hbond substituents is 1. The van der Waals surface area contributed by atoms with E-state index in [0.29, 0.717) is 12.2 Å². The third kappa shape index (κ3) is 3.58. The Bertz CT molecular complexity index is 1280. The zero-order valence-corrected chi connectivity index (χ0v) is 17.6. The second-order valence-corrected chi connectivity index (χ2v) is 7.54. The normalized spacial score (nSPS) is 12.2. The summed E-state index contributed by atoms with van der Waals surface area (Å²) in [5.74, 6) is -1.02. The Labute approximate surface area is 184 Å². The van der Waals surface area contributed by atoms with Crippen LogP contribution in [-0.2, 0) is 16.0 Å². The van der Waals surface area contributed by atoms with Crippen molar-refractivity contribution in [1.82, 2.24) is 0 Å². The maximum Gasteiger partial charge on any atom is 0.305 e. The number of ketones is 2. The average Bonchev–Trinajstić information content (AvgIpc) is 2.79. The predicted octanol–water partition coefficient (Wildman–Crippen LogP) is 3.96. The number of carbonyl (C=O) groups excluding carboxylic acids is 3. The zero-order valence-electron chi connectivity index (χ0n) is 17.6. The molecular formula is C25H21NO6. The second kappa shape index (κ2) is 8.19. The van der Waals surface area contributed by atoms with Crippen LogP contribution in [0.15, 0.2) is 48.5 Å². The highest BCUT2D eigenvalue weighted by atomic mass is 16.5. The van der Waals surface area contributed by atoms with E-state index in [1.807, 2.05) is 19.1 Å². The lowest BCUT2D eigenvalue weighted by Gasteiger charge is -2.22. The summed E-state index contributed by atoms with van der Waals surface area (Å²) in [5.41, 5.74) is 8.22. The third-order valence-electron chi connectivity index (χ3n) is 5.48. The van der Waals surface area contributed by atoms with Gasteiger partial charge in [-0.05, 0) is 30.5 Å². The minimum absolute atomic E-state index is 0.0141. The molecule has 0 fully saturated rings. The lowest BCUT2D eigenvalue weighted by atomic mass is 9.82. The van der Waals surface area contributed by atoms with Crippen LogP contribution in [0.3, 0.4) is 0 Å². The Kier molecular flexibility index (Phi) is 5.40. The van der Waals surface area contributed by atoms with Crippen molar-refractivity contribution in [3.63, 3.8) is 0 Å². The number of rotatable bonds is 5. The monoisotopic (exact) mass is 431 g/mol. The molecule has 7 nitrogen and oxygen atoms in total. The van der Waals surface area contributed by atoms with Crippen LogP contribution >= 0.6 is 0 Å². The van der Waals surface area contributed by atoms with E-state index in [9.17, 15) is 19.5 Å². The molecule has 0 saturated heterocycles. The van der Waals surface area contributed by atoms with Crippen LogP contribution in [0, 0.1) is 6.92 Å². The Morgan fingerprint density at radius 2 is 1.62 bits per heavy atom. The summed E-state index contributed by atoms with van der Waals surface area (Å²) in [6, 6.07) is 13.1. The number of fused-ring (bicyclic) bond motifs is 2. The molecule has 0 heterocycles. The number of nitrogen functional groups attached to an aromatic ring is 1. The van der Waals surface area contributed by atoms with E-state index in [1.165, 1.54) is 13.2 Å². The van der Waals surface area contributed by atoms with Gasteiger partial charge in [-0.3, -0.25) is 14.4 Å². The molecule has 0 saturated carbocycles. The predicted molar refractivity (Wildman–Crippen MR) is 117 cm³/mol. The lowest BCUT2D eigenvalue weighted by molar-refractivity contribution is -0.140. The van der Waals surface area contributed by atoms with Crippen molar-refractivity contribution < 1.29 is 29.0 Å². The highest BCUT2D eigenvalue weighted by Crippen LogP contribution is 2.42. The summed E-state index contributed by atoms with van der Waals surface area (Å²) in [6.45, 7) is 1.83. The molecule has 3 N–H and O–H groups in total. The van der Waals surface area contributed by atoms with E-state index in [1.54, 1.807) is 30.3 Å². The number of esters is 1. The fourth-order valence-electron chi connectivity index (χ4n) is 3.81. The SMILES string of the molecule is COC(=O)CCc1ccc(Oc2cc(O)c3c(c2N)C(=O)c2ccccc2C3=O)c(C)c1. The second-order valence-electron chi connectivity index (χ2n) is 7.54. The van der Waals surface area contributed by atoms with Gasteiger partial charge in [0.05, 0.1) is 23.9 Å². The number of hydrogen-bond acceptors (Lipinski definition) is 7. The van der Waals surface area contributed by atoms with Crippen LogP contribution in [-0.4, -0.2) is 29.8 Å². The van der Waals surface area contributed by atoms with E-state index in [4.69, 9.17) is 10.5 Å². The highest BCUT2D eigenvalue weighted by Gasteiger charge is 2.35. The fraction of sp³-hybridized carbons (Fsp3) is 0.160. The topological polar surface area (TPSA) is 116 Å². The van der Waals surface area contributed by atoms with Gasteiger partial charge in [0, 0.05) is 23.6 Å². The molecule has 3 aromatic rings. The molecule has 0 radical (unpaired) electrons. The molecule has 0 aliphatic heterocycles. The van der Waals surface area contributed by atoms with Crippen molar-refractivity contribution in [1.29, 1.82) is 0 Å². The largest absolute Gasteiger partial charge is 0.507 e. The van der Waals surface area contributed by atoms with E-state index in [-0.39, 0.29) is 51.8 Å². The first kappa shape index (κ1) is 21.1. The van der Waals surface area contributed by atoms with Gasteiger partial charge in [-0.25, -0.2) is 0 Å². The van der Waals surface area contributed by atoms with Crippen molar-refractivity contribution in [3.8, 4) is 17.2 Å². The highest BCUT2D eigenvalue weighted by molar-refractivity contribution is 6.31. The van der Waals surface area contributed by atoms with Crippen LogP contribution in [0.1, 0.15) is 49.4 Å². The van der Waals surface area contributed by atoms with E-state index >= 15 is 0 Å². The van der Waals surface area contributed by atoms with Crippen LogP contribution in [0.2, 0.25) is 0 Å². The van der Waals surface area contributed by atoms with Gasteiger partial charge in [0.2, 0.25) is 0 Å². The number of carbonyl (C=O) groups is 3. The van der Waals surface area contributed by atoms with Crippen LogP contribution in [0.4, 0.5) is 5.69 Å². The maximum absolute atomic E-state index is 13.1.